The third-order valence-corrected chi connectivity index (χ3v) is 4.00. The topological polar surface area (TPSA) is 87.8 Å². The Hall–Kier alpha value is -2.74. The van der Waals surface area contributed by atoms with Crippen molar-refractivity contribution in [3.63, 3.8) is 0 Å². The van der Waals surface area contributed by atoms with Gasteiger partial charge in [0.05, 0.1) is 6.26 Å². The van der Waals surface area contributed by atoms with E-state index in [0.717, 1.165) is 30.7 Å². The van der Waals surface area contributed by atoms with Gasteiger partial charge in [0.1, 0.15) is 11.5 Å². The smallest absolute Gasteiger partial charge is 0.216 e. The molecule has 3 heterocycles. The summed E-state index contributed by atoms with van der Waals surface area (Å²) in [7, 11) is 0. The first-order valence-corrected chi connectivity index (χ1v) is 7.72. The van der Waals surface area contributed by atoms with Crippen molar-refractivity contribution >= 4 is 24.5 Å². The Morgan fingerprint density at radius 1 is 1.30 bits per heavy atom. The van der Waals surface area contributed by atoms with Gasteiger partial charge in [-0.3, -0.25) is 5.10 Å². The zero-order valence-electron chi connectivity index (χ0n) is 12.2. The maximum absolute atomic E-state index is 5.25. The number of rotatable bonds is 4. The molecule has 0 fully saturated rings. The van der Waals surface area contributed by atoms with Gasteiger partial charge in [0.25, 0.3) is 0 Å². The Bertz CT molecular complexity index is 928. The molecular formula is C15H14N6OS. The average molecular weight is 326 g/mol. The highest BCUT2D eigenvalue weighted by Crippen LogP contribution is 2.29. The lowest BCUT2D eigenvalue weighted by atomic mass is 10.2. The number of aromatic nitrogens is 5. The number of furan rings is 1. The van der Waals surface area contributed by atoms with E-state index in [1.54, 1.807) is 23.2 Å². The van der Waals surface area contributed by atoms with E-state index in [-0.39, 0.29) is 0 Å². The van der Waals surface area contributed by atoms with Crippen LogP contribution >= 0.6 is 12.2 Å². The molecule has 0 bridgehead atoms. The van der Waals surface area contributed by atoms with Crippen molar-refractivity contribution < 1.29 is 4.42 Å². The third kappa shape index (κ3) is 2.57. The Kier molecular flexibility index (Phi) is 3.51. The molecule has 0 saturated carbocycles. The van der Waals surface area contributed by atoms with E-state index >= 15 is 0 Å². The molecule has 2 N–H and O–H groups in total. The highest BCUT2D eigenvalue weighted by Gasteiger charge is 2.22. The summed E-state index contributed by atoms with van der Waals surface area (Å²) in [5.74, 6) is 1.38. The normalized spacial score (nSPS) is 14.3. The van der Waals surface area contributed by atoms with Crippen LogP contribution in [0.3, 0.4) is 0 Å². The fourth-order valence-corrected chi connectivity index (χ4v) is 2.86. The molecule has 7 nitrogen and oxygen atoms in total. The molecule has 3 aromatic rings. The highest BCUT2D eigenvalue weighted by atomic mass is 32.1. The van der Waals surface area contributed by atoms with Crippen LogP contribution in [0.25, 0.3) is 17.6 Å². The van der Waals surface area contributed by atoms with Crippen LogP contribution in [0.5, 0.6) is 0 Å². The summed E-state index contributed by atoms with van der Waals surface area (Å²) >= 11 is 5.25. The second-order valence-electron chi connectivity index (χ2n) is 5.19. The molecule has 23 heavy (non-hydrogen) atoms. The van der Waals surface area contributed by atoms with E-state index in [1.165, 1.54) is 11.3 Å². The fourth-order valence-electron chi connectivity index (χ4n) is 2.69. The van der Waals surface area contributed by atoms with Crippen LogP contribution in [0.4, 0.5) is 0 Å². The van der Waals surface area contributed by atoms with Gasteiger partial charge < -0.3 is 4.42 Å². The summed E-state index contributed by atoms with van der Waals surface area (Å²) in [4.78, 5) is 0. The van der Waals surface area contributed by atoms with Crippen molar-refractivity contribution in [2.24, 2.45) is 5.10 Å². The summed E-state index contributed by atoms with van der Waals surface area (Å²) in [6.45, 7) is 0. The molecule has 0 spiro atoms. The van der Waals surface area contributed by atoms with Crippen molar-refractivity contribution in [1.82, 2.24) is 25.1 Å². The highest BCUT2D eigenvalue weighted by molar-refractivity contribution is 7.71. The van der Waals surface area contributed by atoms with Gasteiger partial charge in [-0.15, -0.1) is 0 Å². The van der Waals surface area contributed by atoms with E-state index in [9.17, 15) is 0 Å². The van der Waals surface area contributed by atoms with Crippen molar-refractivity contribution in [3.05, 3.63) is 46.3 Å². The molecule has 3 aromatic heterocycles. The standard InChI is InChI=1S/C15H14N6OS/c23-15-20-19-14(13-11-6-1-7-12(11)17-18-13)21(15)16-8-2-4-10-5-3-9-22-10/h2-5,8-9H,1,6-7H2,(H,17,18)(H,20,23)/b4-2+,16-8?. The molecule has 0 aliphatic heterocycles. The van der Waals surface area contributed by atoms with Gasteiger partial charge >= 0.3 is 0 Å². The number of aromatic amines is 2. The third-order valence-electron chi connectivity index (χ3n) is 3.74. The molecule has 1 aliphatic rings. The van der Waals surface area contributed by atoms with Crippen molar-refractivity contribution in [1.29, 1.82) is 0 Å². The maximum atomic E-state index is 5.25. The minimum atomic E-state index is 0.428. The number of nitrogens with one attached hydrogen (secondary N) is 2. The Balaban J connectivity index is 1.64. The van der Waals surface area contributed by atoms with Crippen LogP contribution in [-0.4, -0.2) is 31.3 Å². The van der Waals surface area contributed by atoms with E-state index in [0.29, 0.717) is 10.6 Å². The molecule has 0 unspecified atom stereocenters. The predicted octanol–water partition coefficient (Wildman–Crippen LogP) is 2.96. The zero-order chi connectivity index (χ0) is 15.6. The average Bonchev–Trinajstić information content (AvgIpc) is 3.29. The number of allylic oxidation sites excluding steroid dienone is 1. The molecule has 8 heteroatoms. The number of hydrogen-bond donors (Lipinski definition) is 2. The minimum absolute atomic E-state index is 0.428. The molecule has 0 saturated heterocycles. The van der Waals surface area contributed by atoms with E-state index in [1.807, 2.05) is 18.2 Å². The Morgan fingerprint density at radius 3 is 3.13 bits per heavy atom. The first-order chi connectivity index (χ1) is 11.3. The molecule has 0 aromatic carbocycles. The first-order valence-electron chi connectivity index (χ1n) is 7.31. The summed E-state index contributed by atoms with van der Waals surface area (Å²) in [5, 5.41) is 18.9. The van der Waals surface area contributed by atoms with E-state index in [4.69, 9.17) is 16.6 Å². The molecule has 0 radical (unpaired) electrons. The number of hydrogen-bond acceptors (Lipinski definition) is 5. The van der Waals surface area contributed by atoms with Crippen LogP contribution < -0.4 is 0 Å². The molecule has 116 valence electrons. The van der Waals surface area contributed by atoms with Crippen molar-refractivity contribution in [2.75, 3.05) is 0 Å². The lowest BCUT2D eigenvalue weighted by molar-refractivity contribution is 0.557. The van der Waals surface area contributed by atoms with Crippen molar-refractivity contribution in [2.45, 2.75) is 19.3 Å². The summed E-state index contributed by atoms with van der Waals surface area (Å²) in [6.07, 6.45) is 10.0. The van der Waals surface area contributed by atoms with Gasteiger partial charge in [-0.05, 0) is 55.8 Å². The maximum Gasteiger partial charge on any atom is 0.216 e. The van der Waals surface area contributed by atoms with E-state index < -0.39 is 0 Å². The van der Waals surface area contributed by atoms with Gasteiger partial charge in [-0.25, -0.2) is 5.10 Å². The van der Waals surface area contributed by atoms with Crippen LogP contribution in [0.15, 0.2) is 34.0 Å². The quantitative estimate of drug-likeness (QED) is 0.570. The number of H-pyrrole nitrogens is 2. The summed E-state index contributed by atoms with van der Waals surface area (Å²) < 4.78 is 7.23. The summed E-state index contributed by atoms with van der Waals surface area (Å²) in [5.41, 5.74) is 3.21. The molecule has 4 rings (SSSR count). The monoisotopic (exact) mass is 326 g/mol. The predicted molar refractivity (Wildman–Crippen MR) is 88.7 cm³/mol. The number of fused-ring (bicyclic) bond motifs is 1. The number of aryl methyl sites for hydroxylation is 1. The molecule has 0 amide bonds. The summed E-state index contributed by atoms with van der Waals surface area (Å²) in [6, 6.07) is 3.70. The molecular weight excluding hydrogens is 312 g/mol. The van der Waals surface area contributed by atoms with Crippen LogP contribution in [0, 0.1) is 4.77 Å². The van der Waals surface area contributed by atoms with Crippen LogP contribution in [0.2, 0.25) is 0 Å². The first kappa shape index (κ1) is 13.9. The Labute approximate surface area is 136 Å². The molecule has 0 atom stereocenters. The number of nitrogens with zero attached hydrogens (tertiary/aromatic N) is 4. The second-order valence-corrected chi connectivity index (χ2v) is 5.57. The largest absolute Gasteiger partial charge is 0.465 e. The van der Waals surface area contributed by atoms with Crippen molar-refractivity contribution in [3.8, 4) is 11.5 Å². The fraction of sp³-hybridized carbons (Fsp3) is 0.200. The van der Waals surface area contributed by atoms with Gasteiger partial charge in [0.2, 0.25) is 10.6 Å². The van der Waals surface area contributed by atoms with Crippen LogP contribution in [-0.2, 0) is 12.8 Å². The van der Waals surface area contributed by atoms with Gasteiger partial charge in [-0.1, -0.05) is 0 Å². The second kappa shape index (κ2) is 5.81. The lowest BCUT2D eigenvalue weighted by Crippen LogP contribution is -1.96. The minimum Gasteiger partial charge on any atom is -0.465 e. The van der Waals surface area contributed by atoms with Gasteiger partial charge in [0, 0.05) is 17.5 Å². The Morgan fingerprint density at radius 2 is 2.26 bits per heavy atom. The molecule has 1 aliphatic carbocycles. The lowest BCUT2D eigenvalue weighted by Gasteiger charge is -1.98. The van der Waals surface area contributed by atoms with E-state index in [2.05, 4.69) is 25.5 Å². The zero-order valence-corrected chi connectivity index (χ0v) is 13.0. The van der Waals surface area contributed by atoms with Gasteiger partial charge in [-0.2, -0.15) is 20.0 Å². The van der Waals surface area contributed by atoms with Gasteiger partial charge in [0.15, 0.2) is 0 Å². The SMILES string of the molecule is S=c1[nH]nc(-c2n[nH]c3c2CCC3)n1N=C/C=C/c1ccco1. The van der Waals surface area contributed by atoms with Crippen LogP contribution in [0.1, 0.15) is 23.4 Å².